The summed E-state index contributed by atoms with van der Waals surface area (Å²) in [7, 11) is 0. The molecule has 0 aliphatic rings. The third kappa shape index (κ3) is 2.56. The Hall–Kier alpha value is -1.37. The molecule has 0 saturated heterocycles. The van der Waals surface area contributed by atoms with Crippen LogP contribution in [0.2, 0.25) is 0 Å². The van der Waals surface area contributed by atoms with Crippen LogP contribution in [0.25, 0.3) is 0 Å². The number of hydrogen-bond donors (Lipinski definition) is 1. The molecule has 15 heavy (non-hydrogen) atoms. The maximum Gasteiger partial charge on any atom is 0.223 e. The van der Waals surface area contributed by atoms with Gasteiger partial charge in [0.05, 0.1) is 5.69 Å². The van der Waals surface area contributed by atoms with Crippen molar-refractivity contribution in [3.63, 3.8) is 0 Å². The number of rotatable bonds is 2. The van der Waals surface area contributed by atoms with Crippen LogP contribution in [0.5, 0.6) is 11.6 Å². The molecule has 2 rings (SSSR count). The molecule has 1 aromatic heterocycles. The predicted octanol–water partition coefficient (Wildman–Crippen LogP) is 2.46. The Balaban J connectivity index is 2.26. The molecule has 4 nitrogen and oxygen atoms in total. The Morgan fingerprint density at radius 3 is 2.73 bits per heavy atom. The van der Waals surface area contributed by atoms with Gasteiger partial charge >= 0.3 is 0 Å². The second-order valence-corrected chi connectivity index (χ2v) is 3.77. The third-order valence-electron chi connectivity index (χ3n) is 1.73. The highest BCUT2D eigenvalue weighted by Crippen LogP contribution is 2.25. The zero-order valence-corrected chi connectivity index (χ0v) is 9.88. The number of benzene rings is 1. The monoisotopic (exact) mass is 313 g/mol. The van der Waals surface area contributed by atoms with Gasteiger partial charge < -0.3 is 10.5 Å². The SMILES string of the molecule is Nc1ccccc1Oc1ccnc(I)n1. The summed E-state index contributed by atoms with van der Waals surface area (Å²) >= 11 is 2.02. The van der Waals surface area contributed by atoms with Gasteiger partial charge in [-0.1, -0.05) is 12.1 Å². The van der Waals surface area contributed by atoms with E-state index in [0.717, 1.165) is 0 Å². The molecular formula is C10H8IN3O. The number of ether oxygens (including phenoxy) is 1. The van der Waals surface area contributed by atoms with Gasteiger partial charge in [-0.25, -0.2) is 4.98 Å². The number of nitrogens with two attached hydrogens (primary N) is 1. The number of nitrogen functional groups attached to an aromatic ring is 1. The lowest BCUT2D eigenvalue weighted by Gasteiger charge is -2.06. The maximum absolute atomic E-state index is 5.74. The van der Waals surface area contributed by atoms with Gasteiger partial charge in [0.1, 0.15) is 0 Å². The highest BCUT2D eigenvalue weighted by Gasteiger charge is 2.02. The van der Waals surface area contributed by atoms with Crippen molar-refractivity contribution in [1.82, 2.24) is 9.97 Å². The van der Waals surface area contributed by atoms with Crippen molar-refractivity contribution < 1.29 is 4.74 Å². The minimum Gasteiger partial charge on any atom is -0.437 e. The molecular weight excluding hydrogens is 305 g/mol. The molecule has 76 valence electrons. The van der Waals surface area contributed by atoms with E-state index in [1.165, 1.54) is 0 Å². The van der Waals surface area contributed by atoms with E-state index in [1.807, 2.05) is 34.7 Å². The Morgan fingerprint density at radius 2 is 2.00 bits per heavy atom. The molecule has 2 N–H and O–H groups in total. The maximum atomic E-state index is 5.74. The van der Waals surface area contributed by atoms with E-state index >= 15 is 0 Å². The lowest BCUT2D eigenvalue weighted by Crippen LogP contribution is -1.94. The van der Waals surface area contributed by atoms with Gasteiger partial charge in [-0.2, -0.15) is 4.98 Å². The Labute approximate surface area is 101 Å². The first-order valence-electron chi connectivity index (χ1n) is 4.26. The van der Waals surface area contributed by atoms with E-state index in [-0.39, 0.29) is 0 Å². The molecule has 0 spiro atoms. The van der Waals surface area contributed by atoms with Gasteiger partial charge in [-0.15, -0.1) is 0 Å². The Bertz CT molecular complexity index is 476. The average Bonchev–Trinajstić information content (AvgIpc) is 2.22. The van der Waals surface area contributed by atoms with Crippen LogP contribution in [-0.4, -0.2) is 9.97 Å². The summed E-state index contributed by atoms with van der Waals surface area (Å²) in [5.41, 5.74) is 6.33. The van der Waals surface area contributed by atoms with Crippen LogP contribution in [-0.2, 0) is 0 Å². The molecule has 0 saturated carbocycles. The fraction of sp³-hybridized carbons (Fsp3) is 0. The Kier molecular flexibility index (Phi) is 3.00. The van der Waals surface area contributed by atoms with E-state index < -0.39 is 0 Å². The van der Waals surface area contributed by atoms with Gasteiger partial charge in [0.25, 0.3) is 0 Å². The first kappa shape index (κ1) is 10.2. The second-order valence-electron chi connectivity index (χ2n) is 2.80. The van der Waals surface area contributed by atoms with Crippen molar-refractivity contribution in [2.45, 2.75) is 0 Å². The normalized spacial score (nSPS) is 9.93. The lowest BCUT2D eigenvalue weighted by atomic mass is 10.3. The standard InChI is InChI=1S/C10H8IN3O/c11-10-13-6-5-9(14-10)15-8-4-2-1-3-7(8)12/h1-6H,12H2. The van der Waals surface area contributed by atoms with Crippen LogP contribution in [0.15, 0.2) is 36.5 Å². The lowest BCUT2D eigenvalue weighted by molar-refractivity contribution is 0.462. The van der Waals surface area contributed by atoms with Gasteiger partial charge in [-0.05, 0) is 12.1 Å². The first-order valence-corrected chi connectivity index (χ1v) is 5.34. The van der Waals surface area contributed by atoms with Crippen molar-refractivity contribution in [3.05, 3.63) is 40.4 Å². The van der Waals surface area contributed by atoms with Gasteiger partial charge in [-0.3, -0.25) is 0 Å². The van der Waals surface area contributed by atoms with Crippen molar-refractivity contribution in [2.75, 3.05) is 5.73 Å². The smallest absolute Gasteiger partial charge is 0.223 e. The van der Waals surface area contributed by atoms with E-state index in [2.05, 4.69) is 9.97 Å². The highest BCUT2D eigenvalue weighted by molar-refractivity contribution is 14.1. The first-order chi connectivity index (χ1) is 7.25. The second kappa shape index (κ2) is 4.43. The van der Waals surface area contributed by atoms with Crippen molar-refractivity contribution in [1.29, 1.82) is 0 Å². The summed E-state index contributed by atoms with van der Waals surface area (Å²) in [5.74, 6) is 1.10. The molecule has 0 fully saturated rings. The fourth-order valence-electron chi connectivity index (χ4n) is 1.06. The summed E-state index contributed by atoms with van der Waals surface area (Å²) < 4.78 is 6.15. The van der Waals surface area contributed by atoms with E-state index in [9.17, 15) is 0 Å². The van der Waals surface area contributed by atoms with Crippen LogP contribution in [0, 0.1) is 3.83 Å². The zero-order valence-electron chi connectivity index (χ0n) is 7.72. The molecule has 0 radical (unpaired) electrons. The predicted molar refractivity (Wildman–Crippen MR) is 65.7 cm³/mol. The van der Waals surface area contributed by atoms with Crippen LogP contribution in [0.1, 0.15) is 0 Å². The number of aromatic nitrogens is 2. The van der Waals surface area contributed by atoms with Gasteiger partial charge in [0.15, 0.2) is 9.58 Å². The summed E-state index contributed by atoms with van der Waals surface area (Å²) in [5, 5.41) is 0. The van der Waals surface area contributed by atoms with Crippen LogP contribution in [0.4, 0.5) is 5.69 Å². The van der Waals surface area contributed by atoms with Crippen molar-refractivity contribution >= 4 is 28.3 Å². The van der Waals surface area contributed by atoms with Crippen LogP contribution < -0.4 is 10.5 Å². The Morgan fingerprint density at radius 1 is 1.20 bits per heavy atom. The molecule has 0 bridgehead atoms. The fourth-order valence-corrected chi connectivity index (χ4v) is 1.46. The summed E-state index contributed by atoms with van der Waals surface area (Å²) in [6.07, 6.45) is 1.64. The highest BCUT2D eigenvalue weighted by atomic mass is 127. The average molecular weight is 313 g/mol. The number of halogens is 1. The molecule has 0 aliphatic heterocycles. The largest absolute Gasteiger partial charge is 0.437 e. The van der Waals surface area contributed by atoms with Gasteiger partial charge in [0, 0.05) is 34.9 Å². The van der Waals surface area contributed by atoms with Crippen LogP contribution >= 0.6 is 22.6 Å². The van der Waals surface area contributed by atoms with E-state index in [1.54, 1.807) is 24.4 Å². The van der Waals surface area contributed by atoms with Crippen molar-refractivity contribution in [2.24, 2.45) is 0 Å². The van der Waals surface area contributed by atoms with Crippen LogP contribution in [0.3, 0.4) is 0 Å². The van der Waals surface area contributed by atoms with E-state index in [0.29, 0.717) is 21.1 Å². The number of para-hydroxylation sites is 2. The molecule has 5 heteroatoms. The minimum atomic E-state index is 0.493. The minimum absolute atomic E-state index is 0.493. The van der Waals surface area contributed by atoms with Crippen molar-refractivity contribution in [3.8, 4) is 11.6 Å². The molecule has 1 aromatic carbocycles. The summed E-state index contributed by atoms with van der Waals surface area (Å²) in [6.45, 7) is 0. The van der Waals surface area contributed by atoms with Gasteiger partial charge in [0.2, 0.25) is 5.88 Å². The third-order valence-corrected chi connectivity index (χ3v) is 2.25. The molecule has 2 aromatic rings. The molecule has 1 heterocycles. The zero-order chi connectivity index (χ0) is 10.7. The van der Waals surface area contributed by atoms with E-state index in [4.69, 9.17) is 10.5 Å². The number of nitrogens with zero attached hydrogens (tertiary/aromatic N) is 2. The summed E-state index contributed by atoms with van der Waals surface area (Å²) in [6, 6.07) is 8.98. The summed E-state index contributed by atoms with van der Waals surface area (Å²) in [4.78, 5) is 8.08. The topological polar surface area (TPSA) is 61.0 Å². The number of hydrogen-bond acceptors (Lipinski definition) is 4. The quantitative estimate of drug-likeness (QED) is 0.525. The number of anilines is 1. The molecule has 0 aliphatic carbocycles. The molecule has 0 unspecified atom stereocenters. The molecule has 0 atom stereocenters. The molecule has 0 amide bonds.